The predicted molar refractivity (Wildman–Crippen MR) is 101 cm³/mol. The minimum atomic E-state index is -4.55. The van der Waals surface area contributed by atoms with Crippen molar-refractivity contribution < 1.29 is 27.6 Å². The molecule has 29 heavy (non-hydrogen) atoms. The summed E-state index contributed by atoms with van der Waals surface area (Å²) in [5.74, 6) is -1.12. The van der Waals surface area contributed by atoms with Crippen LogP contribution in [0.4, 0.5) is 23.7 Å². The van der Waals surface area contributed by atoms with Gasteiger partial charge in [0.05, 0.1) is 18.4 Å². The second-order valence-corrected chi connectivity index (χ2v) is 7.40. The number of nitrogens with one attached hydrogen (secondary N) is 1. The van der Waals surface area contributed by atoms with Crippen LogP contribution in [0, 0.1) is 0 Å². The number of halogens is 3. The van der Waals surface area contributed by atoms with E-state index in [9.17, 15) is 27.6 Å². The maximum atomic E-state index is 13.2. The molecule has 3 rings (SSSR count). The molecule has 2 atom stereocenters. The summed E-state index contributed by atoms with van der Waals surface area (Å²) in [6, 6.07) is 2.17. The van der Waals surface area contributed by atoms with Gasteiger partial charge in [-0.3, -0.25) is 14.5 Å². The van der Waals surface area contributed by atoms with Crippen molar-refractivity contribution in [3.8, 4) is 0 Å². The number of imide groups is 1. The van der Waals surface area contributed by atoms with Crippen LogP contribution in [0.5, 0.6) is 0 Å². The summed E-state index contributed by atoms with van der Waals surface area (Å²) < 4.78 is 39.6. The molecule has 2 aliphatic rings. The zero-order valence-corrected chi connectivity index (χ0v) is 16.5. The fourth-order valence-corrected chi connectivity index (χ4v) is 3.81. The third kappa shape index (κ3) is 3.88. The van der Waals surface area contributed by atoms with Gasteiger partial charge in [-0.15, -0.1) is 11.8 Å². The Morgan fingerprint density at radius 3 is 2.59 bits per heavy atom. The van der Waals surface area contributed by atoms with E-state index in [0.29, 0.717) is 0 Å². The lowest BCUT2D eigenvalue weighted by Crippen LogP contribution is -2.64. The molecule has 0 aromatic heterocycles. The largest absolute Gasteiger partial charge is 0.417 e. The summed E-state index contributed by atoms with van der Waals surface area (Å²) in [5.41, 5.74) is -0.845. The second kappa shape index (κ2) is 7.58. The number of carbonyl (C=O) groups is 3. The van der Waals surface area contributed by atoms with Gasteiger partial charge in [-0.25, -0.2) is 9.79 Å². The molecule has 12 heteroatoms. The van der Waals surface area contributed by atoms with Crippen LogP contribution in [0.1, 0.15) is 5.56 Å². The van der Waals surface area contributed by atoms with E-state index in [2.05, 4.69) is 10.3 Å². The van der Waals surface area contributed by atoms with Crippen molar-refractivity contribution in [1.82, 2.24) is 14.7 Å². The molecule has 156 valence electrons. The fraction of sp³-hybridized carbons (Fsp3) is 0.412. The lowest BCUT2D eigenvalue weighted by molar-refractivity contribution is -0.140. The van der Waals surface area contributed by atoms with Gasteiger partial charge in [-0.1, -0.05) is 0 Å². The highest BCUT2D eigenvalue weighted by atomic mass is 32.2. The Morgan fingerprint density at radius 2 is 1.97 bits per heavy atom. The molecule has 0 radical (unpaired) electrons. The van der Waals surface area contributed by atoms with Crippen molar-refractivity contribution in [1.29, 1.82) is 0 Å². The van der Waals surface area contributed by atoms with Gasteiger partial charge in [0.25, 0.3) is 5.91 Å². The number of hydrogen-bond acceptors (Lipinski definition) is 6. The Morgan fingerprint density at radius 1 is 1.28 bits per heavy atom. The molecule has 1 aromatic carbocycles. The number of aliphatic imine (C=N–C) groups is 1. The summed E-state index contributed by atoms with van der Waals surface area (Å²) in [7, 11) is 2.83. The highest BCUT2D eigenvalue weighted by Gasteiger charge is 2.48. The molecule has 0 saturated carbocycles. The first kappa shape index (κ1) is 21.0. The van der Waals surface area contributed by atoms with E-state index < -0.39 is 41.8 Å². The number of rotatable bonds is 4. The predicted octanol–water partition coefficient (Wildman–Crippen LogP) is 1.93. The highest BCUT2D eigenvalue weighted by molar-refractivity contribution is 7.98. The minimum Gasteiger partial charge on any atom is -0.338 e. The van der Waals surface area contributed by atoms with E-state index in [0.717, 1.165) is 22.7 Å². The average molecular weight is 429 g/mol. The van der Waals surface area contributed by atoms with Gasteiger partial charge in [0.2, 0.25) is 5.91 Å². The van der Waals surface area contributed by atoms with Gasteiger partial charge in [0.15, 0.2) is 12.2 Å². The second-order valence-electron chi connectivity index (χ2n) is 6.55. The Labute approximate surface area is 168 Å². The average Bonchev–Trinajstić information content (AvgIpc) is 3.07. The van der Waals surface area contributed by atoms with Gasteiger partial charge in [-0.05, 0) is 24.5 Å². The summed E-state index contributed by atoms with van der Waals surface area (Å²) in [5, 5.41) is 2.42. The lowest BCUT2D eigenvalue weighted by Gasteiger charge is -2.39. The van der Waals surface area contributed by atoms with Crippen LogP contribution in [-0.2, 0) is 15.8 Å². The SMILES string of the molecule is CSc1ccc(NC(=O)CN2C=NC3C2C(=O)N(C)C(=O)N3C)cc1C(F)(F)F. The van der Waals surface area contributed by atoms with E-state index in [1.165, 1.54) is 48.6 Å². The maximum Gasteiger partial charge on any atom is 0.417 e. The number of amides is 4. The van der Waals surface area contributed by atoms with Crippen molar-refractivity contribution in [3.05, 3.63) is 23.8 Å². The van der Waals surface area contributed by atoms with Gasteiger partial charge >= 0.3 is 12.2 Å². The standard InChI is InChI=1S/C17H18F3N5O3S/c1-23-14-13(15(27)24(2)16(23)28)25(8-21-14)7-12(26)22-9-4-5-11(29-3)10(6-9)17(18,19)20/h4-6,8,13-14H,7H2,1-3H3,(H,22,26). The molecule has 1 fully saturated rings. The van der Waals surface area contributed by atoms with Crippen LogP contribution >= 0.6 is 11.8 Å². The van der Waals surface area contributed by atoms with Crippen LogP contribution in [-0.4, -0.2) is 78.0 Å². The van der Waals surface area contributed by atoms with Crippen molar-refractivity contribution >= 4 is 41.6 Å². The topological polar surface area (TPSA) is 85.3 Å². The Hall–Kier alpha value is -2.76. The van der Waals surface area contributed by atoms with Crippen LogP contribution in [0.25, 0.3) is 0 Å². The number of hydrogen-bond donors (Lipinski definition) is 1. The molecule has 2 unspecified atom stereocenters. The smallest absolute Gasteiger partial charge is 0.338 e. The van der Waals surface area contributed by atoms with E-state index in [4.69, 9.17) is 0 Å². The molecule has 1 N–H and O–H groups in total. The number of benzene rings is 1. The third-order valence-electron chi connectivity index (χ3n) is 4.69. The zero-order valence-electron chi connectivity index (χ0n) is 15.7. The summed E-state index contributed by atoms with van der Waals surface area (Å²) >= 11 is 0.957. The van der Waals surface area contributed by atoms with Crippen molar-refractivity contribution in [2.75, 3.05) is 32.2 Å². The van der Waals surface area contributed by atoms with Crippen LogP contribution in [0.2, 0.25) is 0 Å². The molecular formula is C17H18F3N5O3S. The van der Waals surface area contributed by atoms with Gasteiger partial charge < -0.3 is 15.1 Å². The first-order chi connectivity index (χ1) is 13.5. The molecule has 8 nitrogen and oxygen atoms in total. The molecule has 4 amide bonds. The zero-order chi connectivity index (χ0) is 21.5. The number of fused-ring (bicyclic) bond motifs is 1. The Bertz CT molecular complexity index is 892. The maximum absolute atomic E-state index is 13.2. The quantitative estimate of drug-likeness (QED) is 0.740. The number of likely N-dealkylation sites (N-methyl/N-ethyl adjacent to an activating group) is 2. The first-order valence-electron chi connectivity index (χ1n) is 8.43. The molecule has 0 bridgehead atoms. The Balaban J connectivity index is 1.73. The van der Waals surface area contributed by atoms with Crippen LogP contribution < -0.4 is 5.32 Å². The van der Waals surface area contributed by atoms with Gasteiger partial charge in [0, 0.05) is 24.7 Å². The van der Waals surface area contributed by atoms with Crippen molar-refractivity contribution in [3.63, 3.8) is 0 Å². The molecule has 0 spiro atoms. The normalized spacial score (nSPS) is 21.7. The molecule has 1 saturated heterocycles. The van der Waals surface area contributed by atoms with E-state index in [1.54, 1.807) is 0 Å². The fourth-order valence-electron chi connectivity index (χ4n) is 3.21. The molecule has 0 aliphatic carbocycles. The number of urea groups is 1. The number of nitrogens with zero attached hydrogens (tertiary/aromatic N) is 4. The van der Waals surface area contributed by atoms with Crippen molar-refractivity contribution in [2.45, 2.75) is 23.3 Å². The lowest BCUT2D eigenvalue weighted by atomic mass is 10.1. The minimum absolute atomic E-state index is 0.00723. The van der Waals surface area contributed by atoms with Crippen molar-refractivity contribution in [2.24, 2.45) is 4.99 Å². The molecule has 1 aromatic rings. The number of carbonyl (C=O) groups excluding carboxylic acids is 3. The number of thioether (sulfide) groups is 1. The Kier molecular flexibility index (Phi) is 5.48. The summed E-state index contributed by atoms with van der Waals surface area (Å²) in [4.78, 5) is 44.6. The monoisotopic (exact) mass is 429 g/mol. The summed E-state index contributed by atoms with van der Waals surface area (Å²) in [6.07, 6.45) is -2.47. The van der Waals surface area contributed by atoms with Gasteiger partial charge in [0.1, 0.15) is 0 Å². The molecule has 2 heterocycles. The van der Waals surface area contributed by atoms with E-state index in [1.807, 2.05) is 0 Å². The van der Waals surface area contributed by atoms with E-state index in [-0.39, 0.29) is 17.1 Å². The van der Waals surface area contributed by atoms with Crippen LogP contribution in [0.15, 0.2) is 28.1 Å². The number of alkyl halides is 3. The van der Waals surface area contributed by atoms with Gasteiger partial charge in [-0.2, -0.15) is 13.2 Å². The first-order valence-corrected chi connectivity index (χ1v) is 9.65. The summed E-state index contributed by atoms with van der Waals surface area (Å²) in [6.45, 7) is -0.308. The highest BCUT2D eigenvalue weighted by Crippen LogP contribution is 2.37. The van der Waals surface area contributed by atoms with E-state index >= 15 is 0 Å². The third-order valence-corrected chi connectivity index (χ3v) is 5.49. The number of anilines is 1. The molecular weight excluding hydrogens is 411 g/mol. The van der Waals surface area contributed by atoms with Crippen LogP contribution in [0.3, 0.4) is 0 Å². The molecule has 2 aliphatic heterocycles.